The Hall–Kier alpha value is -1.00. The van der Waals surface area contributed by atoms with Crippen molar-refractivity contribution in [2.45, 2.75) is 45.7 Å². The number of carboxylic acids is 1. The lowest BCUT2D eigenvalue weighted by Crippen LogP contribution is -2.47. The standard InChI is InChI=1S/C13H28N2O6Si/c1-4-19-22(20-5-2,21-6-3)9-7-8-15-13(18)11(14)10-12(16)17/h11H,4-10,14H2,1-3H3,(H,15,18)(H,16,17)/t11-/m1/s1. The smallest absolute Gasteiger partial charge is 0.481 e. The number of carbonyl (C=O) groups excluding carboxylic acids is 1. The fourth-order valence-corrected chi connectivity index (χ4v) is 4.54. The lowest BCUT2D eigenvalue weighted by molar-refractivity contribution is -0.139. The summed E-state index contributed by atoms with van der Waals surface area (Å²) in [5, 5.41) is 11.2. The largest absolute Gasteiger partial charge is 0.500 e. The van der Waals surface area contributed by atoms with Crippen LogP contribution in [0.15, 0.2) is 0 Å². The molecular formula is C13H28N2O6Si. The number of rotatable bonds is 13. The third-order valence-corrected chi connectivity index (χ3v) is 5.93. The van der Waals surface area contributed by atoms with Crippen LogP contribution in [0.3, 0.4) is 0 Å². The zero-order valence-electron chi connectivity index (χ0n) is 13.6. The van der Waals surface area contributed by atoms with E-state index in [-0.39, 0.29) is 6.42 Å². The molecule has 0 saturated heterocycles. The van der Waals surface area contributed by atoms with E-state index in [4.69, 9.17) is 24.1 Å². The van der Waals surface area contributed by atoms with Gasteiger partial charge in [-0.3, -0.25) is 9.59 Å². The molecule has 0 aliphatic heterocycles. The number of hydrogen-bond acceptors (Lipinski definition) is 6. The Kier molecular flexibility index (Phi) is 11.0. The molecule has 0 bridgehead atoms. The number of hydrogen-bond donors (Lipinski definition) is 3. The van der Waals surface area contributed by atoms with Crippen LogP contribution in [0, 0.1) is 0 Å². The molecule has 0 spiro atoms. The molecule has 0 fully saturated rings. The van der Waals surface area contributed by atoms with E-state index < -0.39 is 26.7 Å². The highest BCUT2D eigenvalue weighted by molar-refractivity contribution is 6.60. The first kappa shape index (κ1) is 21.0. The van der Waals surface area contributed by atoms with E-state index in [2.05, 4.69) is 5.32 Å². The van der Waals surface area contributed by atoms with Gasteiger partial charge in [0.25, 0.3) is 0 Å². The number of nitrogens with two attached hydrogens (primary N) is 1. The molecular weight excluding hydrogens is 308 g/mol. The predicted molar refractivity (Wildman–Crippen MR) is 83.3 cm³/mol. The fraction of sp³-hybridized carbons (Fsp3) is 0.846. The van der Waals surface area contributed by atoms with E-state index in [9.17, 15) is 9.59 Å². The molecule has 0 aromatic heterocycles. The van der Waals surface area contributed by atoms with Gasteiger partial charge < -0.3 is 29.4 Å². The minimum absolute atomic E-state index is 0.369. The normalized spacial score (nSPS) is 12.9. The third-order valence-electron chi connectivity index (χ3n) is 2.78. The molecule has 0 heterocycles. The summed E-state index contributed by atoms with van der Waals surface area (Å²) in [6, 6.07) is -0.457. The van der Waals surface area contributed by atoms with Crippen LogP contribution >= 0.6 is 0 Å². The molecule has 0 radical (unpaired) electrons. The van der Waals surface area contributed by atoms with Gasteiger partial charge in [0, 0.05) is 32.4 Å². The maximum Gasteiger partial charge on any atom is 0.500 e. The highest BCUT2D eigenvalue weighted by Crippen LogP contribution is 2.17. The molecule has 1 atom stereocenters. The first-order chi connectivity index (χ1) is 10.4. The SMILES string of the molecule is CCO[Si](CCCNC(=O)[C@H](N)CC(=O)O)(OCC)OCC. The van der Waals surface area contributed by atoms with E-state index in [0.717, 1.165) is 0 Å². The summed E-state index contributed by atoms with van der Waals surface area (Å²) in [5.41, 5.74) is 5.47. The van der Waals surface area contributed by atoms with Crippen molar-refractivity contribution in [2.75, 3.05) is 26.4 Å². The van der Waals surface area contributed by atoms with Crippen molar-refractivity contribution in [1.82, 2.24) is 5.32 Å². The van der Waals surface area contributed by atoms with Crippen LogP contribution in [0.4, 0.5) is 0 Å². The Morgan fingerprint density at radius 2 is 1.64 bits per heavy atom. The third kappa shape index (κ3) is 8.44. The van der Waals surface area contributed by atoms with E-state index in [1.54, 1.807) is 0 Å². The molecule has 0 saturated carbocycles. The number of aliphatic carboxylic acids is 1. The second-order valence-corrected chi connectivity index (χ2v) is 7.31. The van der Waals surface area contributed by atoms with Gasteiger partial charge in [0.1, 0.15) is 0 Å². The van der Waals surface area contributed by atoms with Crippen LogP contribution in [0.5, 0.6) is 0 Å². The quantitative estimate of drug-likeness (QED) is 0.328. The summed E-state index contributed by atoms with van der Waals surface area (Å²) < 4.78 is 17.1. The summed E-state index contributed by atoms with van der Waals surface area (Å²) in [5.74, 6) is -1.57. The average Bonchev–Trinajstić information content (AvgIpc) is 2.43. The second kappa shape index (κ2) is 11.5. The molecule has 22 heavy (non-hydrogen) atoms. The summed E-state index contributed by atoms with van der Waals surface area (Å²) in [6.45, 7) is 7.52. The molecule has 4 N–H and O–H groups in total. The molecule has 1 amide bonds. The Morgan fingerprint density at radius 1 is 1.14 bits per heavy atom. The van der Waals surface area contributed by atoms with E-state index in [1.807, 2.05) is 20.8 Å². The average molecular weight is 336 g/mol. The maximum atomic E-state index is 11.6. The molecule has 8 nitrogen and oxygen atoms in total. The van der Waals surface area contributed by atoms with Crippen molar-refractivity contribution in [1.29, 1.82) is 0 Å². The summed E-state index contributed by atoms with van der Waals surface area (Å²) in [4.78, 5) is 22.1. The van der Waals surface area contributed by atoms with Crippen molar-refractivity contribution in [3.8, 4) is 0 Å². The van der Waals surface area contributed by atoms with Gasteiger partial charge >= 0.3 is 14.8 Å². The first-order valence-corrected chi connectivity index (χ1v) is 9.50. The van der Waals surface area contributed by atoms with Gasteiger partial charge in [-0.25, -0.2) is 0 Å². The van der Waals surface area contributed by atoms with Crippen LogP contribution in [-0.4, -0.2) is 58.2 Å². The minimum atomic E-state index is -2.70. The van der Waals surface area contributed by atoms with E-state index in [1.165, 1.54) is 0 Å². The summed E-state index contributed by atoms with van der Waals surface area (Å²) in [6.07, 6.45) is 0.221. The number of carbonyl (C=O) groups is 2. The molecule has 130 valence electrons. The topological polar surface area (TPSA) is 120 Å². The van der Waals surface area contributed by atoms with Crippen molar-refractivity contribution >= 4 is 20.7 Å². The van der Waals surface area contributed by atoms with Crippen LogP contribution in [0.25, 0.3) is 0 Å². The predicted octanol–water partition coefficient (Wildman–Crippen LogP) is 0.343. The van der Waals surface area contributed by atoms with Gasteiger partial charge in [0.15, 0.2) is 0 Å². The summed E-state index contributed by atoms with van der Waals surface area (Å²) >= 11 is 0. The Balaban J connectivity index is 4.26. The lowest BCUT2D eigenvalue weighted by Gasteiger charge is -2.28. The molecule has 0 aliphatic rings. The lowest BCUT2D eigenvalue weighted by atomic mass is 10.2. The van der Waals surface area contributed by atoms with Gasteiger partial charge in [0.05, 0.1) is 12.5 Å². The molecule has 0 rings (SSSR count). The molecule has 9 heteroatoms. The van der Waals surface area contributed by atoms with Crippen LogP contribution in [0.1, 0.15) is 33.6 Å². The van der Waals surface area contributed by atoms with Crippen molar-refractivity contribution in [2.24, 2.45) is 5.73 Å². The monoisotopic (exact) mass is 336 g/mol. The van der Waals surface area contributed by atoms with Gasteiger partial charge in [0.2, 0.25) is 5.91 Å². The fourth-order valence-electron chi connectivity index (χ4n) is 1.93. The van der Waals surface area contributed by atoms with Crippen molar-refractivity contribution in [3.05, 3.63) is 0 Å². The first-order valence-electron chi connectivity index (χ1n) is 7.57. The maximum absolute atomic E-state index is 11.6. The van der Waals surface area contributed by atoms with Crippen molar-refractivity contribution < 1.29 is 28.0 Å². The Bertz CT molecular complexity index is 325. The molecule has 0 aliphatic carbocycles. The van der Waals surface area contributed by atoms with E-state index >= 15 is 0 Å². The minimum Gasteiger partial charge on any atom is -0.481 e. The zero-order chi connectivity index (χ0) is 17.0. The van der Waals surface area contributed by atoms with Crippen molar-refractivity contribution in [3.63, 3.8) is 0 Å². The second-order valence-electron chi connectivity index (χ2n) is 4.58. The molecule has 0 aromatic carbocycles. The highest BCUT2D eigenvalue weighted by Gasteiger charge is 2.39. The highest BCUT2D eigenvalue weighted by atomic mass is 28.4. The summed E-state index contributed by atoms with van der Waals surface area (Å²) in [7, 11) is -2.70. The van der Waals surface area contributed by atoms with Crippen LogP contribution in [-0.2, 0) is 22.9 Å². The van der Waals surface area contributed by atoms with Gasteiger partial charge in [-0.05, 0) is 27.2 Å². The van der Waals surface area contributed by atoms with Crippen LogP contribution < -0.4 is 11.1 Å². The van der Waals surface area contributed by atoms with E-state index in [0.29, 0.717) is 38.8 Å². The molecule has 0 aromatic rings. The Morgan fingerprint density at radius 3 is 2.05 bits per heavy atom. The van der Waals surface area contributed by atoms with Gasteiger partial charge in [-0.15, -0.1) is 0 Å². The number of amides is 1. The van der Waals surface area contributed by atoms with Crippen LogP contribution in [0.2, 0.25) is 6.04 Å². The number of nitrogens with one attached hydrogen (secondary N) is 1. The number of carboxylic acid groups (broad SMARTS) is 1. The molecule has 0 unspecified atom stereocenters. The van der Waals surface area contributed by atoms with Gasteiger partial charge in [-0.2, -0.15) is 0 Å². The zero-order valence-corrected chi connectivity index (χ0v) is 14.6. The Labute approximate surface area is 132 Å². The van der Waals surface area contributed by atoms with Gasteiger partial charge in [-0.1, -0.05) is 0 Å².